The van der Waals surface area contributed by atoms with Crippen LogP contribution in [-0.2, 0) is 14.0 Å². The minimum atomic E-state index is -5.72. The van der Waals surface area contributed by atoms with Gasteiger partial charge in [0.1, 0.15) is 0 Å². The van der Waals surface area contributed by atoms with Crippen LogP contribution in [0.1, 0.15) is 65.7 Å². The van der Waals surface area contributed by atoms with Crippen LogP contribution in [0.25, 0.3) is 0 Å². The lowest BCUT2D eigenvalue weighted by molar-refractivity contribution is -0.317. The maximum atomic E-state index is 12.9. The molecule has 0 unspecified atom stereocenters. The Labute approximate surface area is 175 Å². The molecule has 0 saturated heterocycles. The predicted molar refractivity (Wildman–Crippen MR) is 102 cm³/mol. The van der Waals surface area contributed by atoms with E-state index in [9.17, 15) is 31.1 Å². The molecule has 0 heterocycles. The van der Waals surface area contributed by atoms with Crippen molar-refractivity contribution in [2.24, 2.45) is 11.8 Å². The van der Waals surface area contributed by atoms with Gasteiger partial charge in [-0.2, -0.15) is 26.3 Å². The van der Waals surface area contributed by atoms with Crippen LogP contribution < -0.4 is 0 Å². The van der Waals surface area contributed by atoms with E-state index in [0.717, 1.165) is 32.1 Å². The highest BCUT2D eigenvalue weighted by atomic mass is 28.4. The second kappa shape index (κ2) is 8.29. The molecule has 30 heavy (non-hydrogen) atoms. The molecule has 3 atom stereocenters. The van der Waals surface area contributed by atoms with Crippen molar-refractivity contribution in [1.29, 1.82) is 0 Å². The van der Waals surface area contributed by atoms with Crippen molar-refractivity contribution in [3.05, 3.63) is 0 Å². The van der Waals surface area contributed by atoms with Crippen LogP contribution in [0.2, 0.25) is 18.1 Å². The molecule has 10 heteroatoms. The van der Waals surface area contributed by atoms with Crippen LogP contribution >= 0.6 is 0 Å². The topological polar surface area (TPSA) is 35.5 Å². The molecule has 0 aliphatic heterocycles. The van der Waals surface area contributed by atoms with Gasteiger partial charge in [0, 0.05) is 0 Å². The van der Waals surface area contributed by atoms with Crippen LogP contribution in [0.3, 0.4) is 0 Å². The molecule has 2 aliphatic rings. The van der Waals surface area contributed by atoms with E-state index in [1.807, 2.05) is 33.9 Å². The molecule has 176 valence electrons. The summed E-state index contributed by atoms with van der Waals surface area (Å²) in [7, 11) is -2.45. The lowest BCUT2D eigenvalue weighted by Gasteiger charge is -2.59. The Morgan fingerprint density at radius 2 is 1.50 bits per heavy atom. The molecule has 0 bridgehead atoms. The Bertz CT molecular complexity index is 612. The van der Waals surface area contributed by atoms with Gasteiger partial charge in [-0.3, -0.25) is 4.79 Å². The highest BCUT2D eigenvalue weighted by Gasteiger charge is 2.65. The van der Waals surface area contributed by atoms with Gasteiger partial charge in [-0.1, -0.05) is 46.5 Å². The van der Waals surface area contributed by atoms with E-state index in [-0.39, 0.29) is 17.4 Å². The van der Waals surface area contributed by atoms with Gasteiger partial charge >= 0.3 is 18.3 Å². The zero-order valence-electron chi connectivity index (χ0n) is 18.2. The number of halogens is 6. The number of esters is 1. The van der Waals surface area contributed by atoms with Crippen LogP contribution in [0.4, 0.5) is 26.3 Å². The van der Waals surface area contributed by atoms with E-state index in [1.165, 1.54) is 0 Å². The summed E-state index contributed by atoms with van der Waals surface area (Å²) in [5, 5.41) is -0.223. The van der Waals surface area contributed by atoms with Gasteiger partial charge in [-0.05, 0) is 43.3 Å². The average molecular weight is 463 g/mol. The quantitative estimate of drug-likeness (QED) is 0.263. The van der Waals surface area contributed by atoms with Crippen molar-refractivity contribution >= 4 is 14.3 Å². The van der Waals surface area contributed by atoms with Gasteiger partial charge in [-0.25, -0.2) is 0 Å². The molecule has 2 fully saturated rings. The number of rotatable bonds is 4. The number of carbonyl (C=O) groups is 1. The smallest absolute Gasteiger partial charge is 0.434 e. The van der Waals surface area contributed by atoms with Gasteiger partial charge < -0.3 is 9.16 Å². The molecule has 2 rings (SSSR count). The van der Waals surface area contributed by atoms with E-state index in [4.69, 9.17) is 4.43 Å². The van der Waals surface area contributed by atoms with E-state index in [2.05, 4.69) is 4.74 Å². The van der Waals surface area contributed by atoms with Gasteiger partial charge in [-0.15, -0.1) is 0 Å². The van der Waals surface area contributed by atoms with E-state index in [1.54, 1.807) is 0 Å². The lowest BCUT2D eigenvalue weighted by Crippen LogP contribution is -2.66. The third-order valence-electron chi connectivity index (χ3n) is 7.04. The standard InChI is InChI=1S/C20H32F6O3Si/c1-17(2,3)30(4,5)29-18-11-9-7-6-8-10-13(18)12-14(18)15(27)28-16(19(21,22)23)20(24,25)26/h13-14,16H,6-12H2,1-5H3/t13-,14+,18+/m0/s1. The number of fused-ring (bicyclic) bond motifs is 1. The average Bonchev–Trinajstić information content (AvgIpc) is 2.51. The molecule has 0 N–H and O–H groups in total. The maximum absolute atomic E-state index is 12.9. The summed E-state index contributed by atoms with van der Waals surface area (Å²) in [5.74, 6) is -2.62. The summed E-state index contributed by atoms with van der Waals surface area (Å²) in [6.45, 7) is 9.97. The Morgan fingerprint density at radius 1 is 0.967 bits per heavy atom. The van der Waals surface area contributed by atoms with Gasteiger partial charge in [0.25, 0.3) is 6.10 Å². The highest BCUT2D eigenvalue weighted by Crippen LogP contribution is 2.57. The molecule has 0 aromatic heterocycles. The first kappa shape index (κ1) is 25.5. The lowest BCUT2D eigenvalue weighted by atomic mass is 9.56. The molecule has 0 aromatic rings. The molecular formula is C20H32F6O3Si. The molecule has 0 radical (unpaired) electrons. The third kappa shape index (κ3) is 5.16. The summed E-state index contributed by atoms with van der Waals surface area (Å²) in [6, 6.07) is 0. The Kier molecular flexibility index (Phi) is 7.05. The van der Waals surface area contributed by atoms with Gasteiger partial charge in [0.2, 0.25) is 0 Å². The second-order valence-electron chi connectivity index (χ2n) is 10.2. The first-order chi connectivity index (χ1) is 13.4. The zero-order chi connectivity index (χ0) is 23.2. The third-order valence-corrected chi connectivity index (χ3v) is 11.5. The first-order valence-electron chi connectivity index (χ1n) is 10.5. The maximum Gasteiger partial charge on any atom is 0.434 e. The summed E-state index contributed by atoms with van der Waals surface area (Å²) < 4.78 is 88.2. The van der Waals surface area contributed by atoms with Crippen LogP contribution in [-0.4, -0.2) is 38.3 Å². The Balaban J connectivity index is 2.34. The minimum absolute atomic E-state index is 0.0558. The zero-order valence-corrected chi connectivity index (χ0v) is 19.2. The molecule has 3 nitrogen and oxygen atoms in total. The Hall–Kier alpha value is -0.773. The highest BCUT2D eigenvalue weighted by molar-refractivity contribution is 6.74. The monoisotopic (exact) mass is 462 g/mol. The van der Waals surface area contributed by atoms with Gasteiger partial charge in [0.15, 0.2) is 8.32 Å². The van der Waals surface area contributed by atoms with Crippen molar-refractivity contribution in [1.82, 2.24) is 0 Å². The fourth-order valence-corrected chi connectivity index (χ4v) is 6.01. The van der Waals surface area contributed by atoms with Crippen LogP contribution in [0.15, 0.2) is 0 Å². The van der Waals surface area contributed by atoms with Crippen molar-refractivity contribution < 1.29 is 40.3 Å². The fraction of sp³-hybridized carbons (Fsp3) is 0.950. The number of hydrogen-bond acceptors (Lipinski definition) is 3. The number of hydrogen-bond donors (Lipinski definition) is 0. The number of ether oxygens (including phenoxy) is 1. The van der Waals surface area contributed by atoms with E-state index in [0.29, 0.717) is 6.42 Å². The molecule has 0 spiro atoms. The SMILES string of the molecule is CC(C)(C)[Si](C)(C)O[C@]12CCCCCC[C@H]1C[C@@H]2C(=O)OC(C(F)(F)F)C(F)(F)F. The molecule has 0 aromatic carbocycles. The molecule has 2 saturated carbocycles. The summed E-state index contributed by atoms with van der Waals surface area (Å²) >= 11 is 0. The molecule has 0 amide bonds. The normalized spacial score (nSPS) is 28.9. The van der Waals surface area contributed by atoms with E-state index < -0.39 is 44.3 Å². The predicted octanol–water partition coefficient (Wildman–Crippen LogP) is 6.77. The van der Waals surface area contributed by atoms with Crippen molar-refractivity contribution in [3.63, 3.8) is 0 Å². The first-order valence-corrected chi connectivity index (χ1v) is 13.4. The van der Waals surface area contributed by atoms with Crippen LogP contribution in [0, 0.1) is 11.8 Å². The van der Waals surface area contributed by atoms with Crippen molar-refractivity contribution in [2.45, 2.75) is 108 Å². The van der Waals surface area contributed by atoms with Crippen LogP contribution in [0.5, 0.6) is 0 Å². The number of alkyl halides is 6. The summed E-state index contributed by atoms with van der Waals surface area (Å²) in [5.41, 5.74) is -1.04. The largest absolute Gasteiger partial charge is 0.442 e. The van der Waals surface area contributed by atoms with Crippen molar-refractivity contribution in [2.75, 3.05) is 0 Å². The second-order valence-corrected chi connectivity index (χ2v) is 14.9. The summed E-state index contributed by atoms with van der Waals surface area (Å²) in [4.78, 5) is 12.6. The molecule has 2 aliphatic carbocycles. The summed E-state index contributed by atoms with van der Waals surface area (Å²) in [6.07, 6.45) is -10.6. The van der Waals surface area contributed by atoms with Gasteiger partial charge in [0.05, 0.1) is 11.5 Å². The van der Waals surface area contributed by atoms with E-state index >= 15 is 0 Å². The Morgan fingerprint density at radius 3 is 2.00 bits per heavy atom. The minimum Gasteiger partial charge on any atom is -0.442 e. The number of carbonyl (C=O) groups excluding carboxylic acids is 1. The fourth-order valence-electron chi connectivity index (χ4n) is 4.34. The van der Waals surface area contributed by atoms with Crippen molar-refractivity contribution in [3.8, 4) is 0 Å². The molecular weight excluding hydrogens is 430 g/mol.